The Balaban J connectivity index is 2.51. The molecule has 0 spiro atoms. The Labute approximate surface area is 169 Å². The van der Waals surface area contributed by atoms with Gasteiger partial charge in [-0.1, -0.05) is 30.3 Å². The summed E-state index contributed by atoms with van der Waals surface area (Å²) in [6.45, 7) is 13.0. The van der Waals surface area contributed by atoms with E-state index in [4.69, 9.17) is 4.74 Å². The third-order valence-electron chi connectivity index (χ3n) is 5.25. The number of aromatic hydroxyl groups is 1. The highest BCUT2D eigenvalue weighted by atomic mass is 16.5. The predicted octanol–water partition coefficient (Wildman–Crippen LogP) is 5.27. The zero-order chi connectivity index (χ0) is 20.8. The summed E-state index contributed by atoms with van der Waals surface area (Å²) in [6, 6.07) is 14.4. The Kier molecular flexibility index (Phi) is 7.64. The van der Waals surface area contributed by atoms with Gasteiger partial charge in [0, 0.05) is 30.5 Å². The number of rotatable bonds is 8. The van der Waals surface area contributed by atoms with Crippen molar-refractivity contribution < 1.29 is 14.6 Å². The molecule has 0 saturated carbocycles. The van der Waals surface area contributed by atoms with Gasteiger partial charge < -0.3 is 9.84 Å². The second-order valence-electron chi connectivity index (χ2n) is 7.89. The van der Waals surface area contributed by atoms with Crippen LogP contribution in [0.1, 0.15) is 63.6 Å². The summed E-state index contributed by atoms with van der Waals surface area (Å²) in [4.78, 5) is 14.1. The lowest BCUT2D eigenvalue weighted by Gasteiger charge is -2.33. The summed E-state index contributed by atoms with van der Waals surface area (Å²) in [6.07, 6.45) is 0.860. The molecule has 0 fully saturated rings. The van der Waals surface area contributed by atoms with Crippen LogP contribution in [-0.4, -0.2) is 34.6 Å². The van der Waals surface area contributed by atoms with E-state index in [1.54, 1.807) is 12.1 Å². The van der Waals surface area contributed by atoms with E-state index in [2.05, 4.69) is 44.7 Å². The van der Waals surface area contributed by atoms with Crippen molar-refractivity contribution in [1.82, 2.24) is 4.90 Å². The molecule has 0 aliphatic heterocycles. The Morgan fingerprint density at radius 2 is 1.64 bits per heavy atom. The van der Waals surface area contributed by atoms with Gasteiger partial charge in [-0.05, 0) is 70.8 Å². The summed E-state index contributed by atoms with van der Waals surface area (Å²) in [5, 5.41) is 10.4. The highest BCUT2D eigenvalue weighted by molar-refractivity contribution is 5.70. The molecule has 2 aromatic carbocycles. The fourth-order valence-electron chi connectivity index (χ4n) is 3.92. The lowest BCUT2D eigenvalue weighted by Crippen LogP contribution is -2.38. The maximum absolute atomic E-state index is 11.7. The number of benzene rings is 2. The van der Waals surface area contributed by atoms with Crippen molar-refractivity contribution in [2.45, 2.75) is 66.0 Å². The molecule has 4 nitrogen and oxygen atoms in total. The Bertz CT molecular complexity index is 776. The quantitative estimate of drug-likeness (QED) is 0.498. The molecule has 0 radical (unpaired) electrons. The minimum absolute atomic E-state index is 0.0163. The van der Waals surface area contributed by atoms with Crippen molar-refractivity contribution in [3.8, 4) is 11.5 Å². The standard InChI is InChI=1S/C24H33NO3/c1-16(2)25(17(3)4)15-14-21(20-10-8-7-9-11-20)24-18(5)22(27)12-13-23(24)28-19(6)26/h7-13,16-17,21,27H,14-15H2,1-6H3/t21-/m1/s1. The lowest BCUT2D eigenvalue weighted by molar-refractivity contribution is -0.131. The van der Waals surface area contributed by atoms with Crippen LogP contribution in [0.3, 0.4) is 0 Å². The second kappa shape index (κ2) is 9.74. The molecule has 0 aromatic heterocycles. The van der Waals surface area contributed by atoms with Gasteiger partial charge in [0.05, 0.1) is 0 Å². The van der Waals surface area contributed by atoms with Crippen LogP contribution in [-0.2, 0) is 4.79 Å². The minimum atomic E-state index is -0.357. The zero-order valence-electron chi connectivity index (χ0n) is 17.9. The molecule has 1 atom stereocenters. The molecule has 0 unspecified atom stereocenters. The molecule has 2 aromatic rings. The predicted molar refractivity (Wildman–Crippen MR) is 114 cm³/mol. The van der Waals surface area contributed by atoms with E-state index in [-0.39, 0.29) is 17.6 Å². The number of carbonyl (C=O) groups excluding carboxylic acids is 1. The topological polar surface area (TPSA) is 49.8 Å². The van der Waals surface area contributed by atoms with E-state index >= 15 is 0 Å². The minimum Gasteiger partial charge on any atom is -0.508 e. The smallest absolute Gasteiger partial charge is 0.308 e. The molecule has 0 amide bonds. The van der Waals surface area contributed by atoms with Crippen molar-refractivity contribution in [1.29, 1.82) is 0 Å². The fraction of sp³-hybridized carbons (Fsp3) is 0.458. The maximum atomic E-state index is 11.7. The number of nitrogens with zero attached hydrogens (tertiary/aromatic N) is 1. The number of hydrogen-bond donors (Lipinski definition) is 1. The first-order valence-corrected chi connectivity index (χ1v) is 10.0. The summed E-state index contributed by atoms with van der Waals surface area (Å²) < 4.78 is 5.52. The Morgan fingerprint density at radius 1 is 1.04 bits per heavy atom. The van der Waals surface area contributed by atoms with Crippen LogP contribution >= 0.6 is 0 Å². The average Bonchev–Trinajstić information content (AvgIpc) is 2.63. The van der Waals surface area contributed by atoms with Gasteiger partial charge in [0.15, 0.2) is 0 Å². The van der Waals surface area contributed by atoms with Crippen LogP contribution in [0.5, 0.6) is 11.5 Å². The Hall–Kier alpha value is -2.33. The largest absolute Gasteiger partial charge is 0.508 e. The molecule has 152 valence electrons. The molecule has 0 aliphatic carbocycles. The molecule has 1 N–H and O–H groups in total. The first-order valence-electron chi connectivity index (χ1n) is 10.0. The van der Waals surface area contributed by atoms with Gasteiger partial charge in [0.2, 0.25) is 0 Å². The Morgan fingerprint density at radius 3 is 2.18 bits per heavy atom. The molecular weight excluding hydrogens is 350 g/mol. The fourth-order valence-corrected chi connectivity index (χ4v) is 3.92. The van der Waals surface area contributed by atoms with E-state index < -0.39 is 0 Å². The third kappa shape index (κ3) is 5.35. The molecular formula is C24H33NO3. The maximum Gasteiger partial charge on any atom is 0.308 e. The highest BCUT2D eigenvalue weighted by Gasteiger charge is 2.25. The van der Waals surface area contributed by atoms with Gasteiger partial charge in [-0.15, -0.1) is 0 Å². The van der Waals surface area contributed by atoms with Crippen LogP contribution in [0.15, 0.2) is 42.5 Å². The van der Waals surface area contributed by atoms with Gasteiger partial charge in [0.25, 0.3) is 0 Å². The zero-order valence-corrected chi connectivity index (χ0v) is 17.9. The van der Waals surface area contributed by atoms with Crippen LogP contribution in [0, 0.1) is 6.92 Å². The number of hydrogen-bond acceptors (Lipinski definition) is 4. The van der Waals surface area contributed by atoms with Gasteiger partial charge in [-0.2, -0.15) is 0 Å². The number of esters is 1. The van der Waals surface area contributed by atoms with Crippen molar-refractivity contribution in [2.75, 3.05) is 6.54 Å². The molecule has 0 heterocycles. The van der Waals surface area contributed by atoms with Crippen molar-refractivity contribution in [3.05, 3.63) is 59.2 Å². The molecule has 28 heavy (non-hydrogen) atoms. The number of ether oxygens (including phenoxy) is 1. The van der Waals surface area contributed by atoms with Gasteiger partial charge in [-0.25, -0.2) is 0 Å². The van der Waals surface area contributed by atoms with E-state index in [9.17, 15) is 9.90 Å². The van der Waals surface area contributed by atoms with E-state index in [1.807, 2.05) is 25.1 Å². The third-order valence-corrected chi connectivity index (χ3v) is 5.25. The van der Waals surface area contributed by atoms with E-state index in [0.29, 0.717) is 17.8 Å². The van der Waals surface area contributed by atoms with E-state index in [0.717, 1.165) is 29.7 Å². The SMILES string of the molecule is CC(=O)Oc1ccc(O)c(C)c1[C@H](CCN(C(C)C)C(C)C)c1ccccc1. The summed E-state index contributed by atoms with van der Waals surface area (Å²) in [7, 11) is 0. The molecule has 4 heteroatoms. The molecule has 0 aliphatic rings. The normalized spacial score (nSPS) is 12.6. The van der Waals surface area contributed by atoms with Crippen LogP contribution < -0.4 is 4.74 Å². The highest BCUT2D eigenvalue weighted by Crippen LogP contribution is 2.40. The monoisotopic (exact) mass is 383 g/mol. The number of phenolic OH excluding ortho intramolecular Hbond substituents is 1. The molecule has 0 bridgehead atoms. The average molecular weight is 384 g/mol. The molecule has 0 saturated heterocycles. The summed E-state index contributed by atoms with van der Waals surface area (Å²) in [5.41, 5.74) is 2.79. The van der Waals surface area contributed by atoms with E-state index in [1.165, 1.54) is 6.92 Å². The first-order chi connectivity index (χ1) is 13.2. The van der Waals surface area contributed by atoms with Gasteiger partial charge >= 0.3 is 5.97 Å². The van der Waals surface area contributed by atoms with Crippen molar-refractivity contribution in [2.24, 2.45) is 0 Å². The van der Waals surface area contributed by atoms with Crippen LogP contribution in [0.2, 0.25) is 0 Å². The summed E-state index contributed by atoms with van der Waals surface area (Å²) in [5.74, 6) is 0.403. The van der Waals surface area contributed by atoms with Gasteiger partial charge in [0.1, 0.15) is 11.5 Å². The lowest BCUT2D eigenvalue weighted by atomic mass is 9.84. The van der Waals surface area contributed by atoms with Crippen molar-refractivity contribution >= 4 is 5.97 Å². The van der Waals surface area contributed by atoms with Crippen LogP contribution in [0.25, 0.3) is 0 Å². The second-order valence-corrected chi connectivity index (χ2v) is 7.89. The summed E-state index contributed by atoms with van der Waals surface area (Å²) >= 11 is 0. The first kappa shape index (κ1) is 22.0. The van der Waals surface area contributed by atoms with Crippen molar-refractivity contribution in [3.63, 3.8) is 0 Å². The van der Waals surface area contributed by atoms with Gasteiger partial charge in [-0.3, -0.25) is 9.69 Å². The van der Waals surface area contributed by atoms with Crippen LogP contribution in [0.4, 0.5) is 0 Å². The number of phenols is 1. The molecule has 2 rings (SSSR count). The number of carbonyl (C=O) groups is 1.